The molecular formula is C10H19NO4S. The van der Waals surface area contributed by atoms with Crippen LogP contribution >= 0.6 is 0 Å². The largest absolute Gasteiger partial charge is 0.368 e. The minimum Gasteiger partial charge on any atom is -0.368 e. The Kier molecular flexibility index (Phi) is 5.37. The molecule has 1 N–H and O–H groups in total. The van der Waals surface area contributed by atoms with Crippen molar-refractivity contribution in [2.24, 2.45) is 0 Å². The normalized spacial score (nSPS) is 21.9. The summed E-state index contributed by atoms with van der Waals surface area (Å²) in [5, 5.41) is 3.04. The molecule has 1 unspecified atom stereocenters. The molecular weight excluding hydrogens is 230 g/mol. The van der Waals surface area contributed by atoms with Crippen LogP contribution in [0.3, 0.4) is 0 Å². The lowest BCUT2D eigenvalue weighted by Crippen LogP contribution is -2.43. The summed E-state index contributed by atoms with van der Waals surface area (Å²) in [7, 11) is -3.06. The Hall–Kier alpha value is -0.460. The summed E-state index contributed by atoms with van der Waals surface area (Å²) in [4.78, 5) is 11.6. The van der Waals surface area contributed by atoms with Crippen molar-refractivity contribution in [3.63, 3.8) is 0 Å². The van der Waals surface area contributed by atoms with Gasteiger partial charge in [0.25, 0.3) is 0 Å². The second-order valence-electron chi connectivity index (χ2n) is 3.93. The highest BCUT2D eigenvalue weighted by molar-refractivity contribution is 7.91. The predicted octanol–water partition coefficient (Wildman–Crippen LogP) is -0.241. The zero-order valence-electron chi connectivity index (χ0n) is 9.57. The molecule has 1 rings (SSSR count). The number of sulfone groups is 1. The van der Waals surface area contributed by atoms with Gasteiger partial charge in [-0.05, 0) is 6.42 Å². The summed E-state index contributed by atoms with van der Waals surface area (Å²) < 4.78 is 28.1. The molecule has 1 aliphatic rings. The molecule has 0 radical (unpaired) electrons. The molecule has 1 saturated heterocycles. The Morgan fingerprint density at radius 3 is 2.75 bits per heavy atom. The van der Waals surface area contributed by atoms with E-state index in [-0.39, 0.29) is 23.7 Å². The predicted molar refractivity (Wildman–Crippen MR) is 61.2 cm³/mol. The van der Waals surface area contributed by atoms with E-state index in [1.165, 1.54) is 0 Å². The lowest BCUT2D eigenvalue weighted by Gasteiger charge is -2.22. The lowest BCUT2D eigenvalue weighted by molar-refractivity contribution is -0.131. The first-order valence-electron chi connectivity index (χ1n) is 5.60. The number of morpholine rings is 1. The van der Waals surface area contributed by atoms with Crippen LogP contribution in [0, 0.1) is 0 Å². The zero-order chi connectivity index (χ0) is 12.0. The quantitative estimate of drug-likeness (QED) is 0.703. The van der Waals surface area contributed by atoms with Gasteiger partial charge in [0.05, 0.1) is 12.4 Å². The summed E-state index contributed by atoms with van der Waals surface area (Å²) in [6.07, 6.45) is 0.192. The van der Waals surface area contributed by atoms with E-state index in [1.807, 2.05) is 6.92 Å². The molecule has 6 heteroatoms. The van der Waals surface area contributed by atoms with Gasteiger partial charge in [-0.15, -0.1) is 0 Å². The molecule has 0 aromatic carbocycles. The first-order valence-corrected chi connectivity index (χ1v) is 7.43. The topological polar surface area (TPSA) is 72.5 Å². The molecule has 5 nitrogen and oxygen atoms in total. The van der Waals surface area contributed by atoms with E-state index < -0.39 is 15.9 Å². The second-order valence-corrected chi connectivity index (χ2v) is 6.24. The molecule has 0 amide bonds. The average Bonchev–Trinajstić information content (AvgIpc) is 2.27. The van der Waals surface area contributed by atoms with Crippen molar-refractivity contribution in [3.05, 3.63) is 0 Å². The molecule has 94 valence electrons. The third-order valence-corrected chi connectivity index (χ3v) is 4.32. The maximum atomic E-state index is 11.6. The van der Waals surface area contributed by atoms with Crippen molar-refractivity contribution in [2.75, 3.05) is 31.2 Å². The third kappa shape index (κ3) is 4.59. The number of hydrogen-bond acceptors (Lipinski definition) is 5. The monoisotopic (exact) mass is 249 g/mol. The van der Waals surface area contributed by atoms with Gasteiger partial charge >= 0.3 is 0 Å². The van der Waals surface area contributed by atoms with Crippen LogP contribution in [0.1, 0.15) is 19.8 Å². The SMILES string of the molecule is CCCS(=O)(=O)CCC(=O)C1CNCCO1. The van der Waals surface area contributed by atoms with Crippen LogP contribution in [0.15, 0.2) is 0 Å². The second kappa shape index (κ2) is 6.32. The average molecular weight is 249 g/mol. The molecule has 1 heterocycles. The number of ether oxygens (including phenoxy) is 1. The Bertz CT molecular complexity index is 320. The minimum absolute atomic E-state index is 0.0560. The van der Waals surface area contributed by atoms with Crippen LogP contribution in [-0.4, -0.2) is 51.5 Å². The Morgan fingerprint density at radius 2 is 2.19 bits per heavy atom. The van der Waals surface area contributed by atoms with E-state index in [0.29, 0.717) is 19.6 Å². The van der Waals surface area contributed by atoms with Gasteiger partial charge in [0, 0.05) is 25.3 Å². The summed E-state index contributed by atoms with van der Waals surface area (Å²) in [6, 6.07) is 0. The van der Waals surface area contributed by atoms with Crippen LogP contribution in [0.25, 0.3) is 0 Å². The smallest absolute Gasteiger partial charge is 0.163 e. The van der Waals surface area contributed by atoms with Crippen molar-refractivity contribution in [1.29, 1.82) is 0 Å². The van der Waals surface area contributed by atoms with Gasteiger partial charge in [-0.1, -0.05) is 6.92 Å². The Morgan fingerprint density at radius 1 is 1.44 bits per heavy atom. The highest BCUT2D eigenvalue weighted by atomic mass is 32.2. The number of carbonyl (C=O) groups is 1. The van der Waals surface area contributed by atoms with E-state index in [1.54, 1.807) is 0 Å². The van der Waals surface area contributed by atoms with Crippen molar-refractivity contribution in [2.45, 2.75) is 25.9 Å². The molecule has 1 atom stereocenters. The molecule has 1 fully saturated rings. The van der Waals surface area contributed by atoms with Crippen molar-refractivity contribution in [1.82, 2.24) is 5.32 Å². The molecule has 0 spiro atoms. The summed E-state index contributed by atoms with van der Waals surface area (Å²) >= 11 is 0. The van der Waals surface area contributed by atoms with E-state index >= 15 is 0 Å². The molecule has 0 saturated carbocycles. The van der Waals surface area contributed by atoms with Gasteiger partial charge in [-0.25, -0.2) is 8.42 Å². The summed E-state index contributed by atoms with van der Waals surface area (Å²) in [6.45, 7) is 3.57. The lowest BCUT2D eigenvalue weighted by atomic mass is 10.1. The van der Waals surface area contributed by atoms with Crippen molar-refractivity contribution in [3.8, 4) is 0 Å². The number of ketones is 1. The summed E-state index contributed by atoms with van der Waals surface area (Å²) in [5.74, 6) is -0.0179. The fourth-order valence-electron chi connectivity index (χ4n) is 1.60. The van der Waals surface area contributed by atoms with E-state index in [4.69, 9.17) is 4.74 Å². The van der Waals surface area contributed by atoms with E-state index in [2.05, 4.69) is 5.32 Å². The fraction of sp³-hybridized carbons (Fsp3) is 0.900. The van der Waals surface area contributed by atoms with Crippen LogP contribution < -0.4 is 5.32 Å². The van der Waals surface area contributed by atoms with Gasteiger partial charge in [-0.3, -0.25) is 4.79 Å². The van der Waals surface area contributed by atoms with Crippen LogP contribution in [0.5, 0.6) is 0 Å². The maximum absolute atomic E-state index is 11.6. The number of nitrogens with one attached hydrogen (secondary N) is 1. The van der Waals surface area contributed by atoms with Crippen molar-refractivity contribution < 1.29 is 17.9 Å². The van der Waals surface area contributed by atoms with Crippen molar-refractivity contribution >= 4 is 15.6 Å². The van der Waals surface area contributed by atoms with Gasteiger partial charge in [0.15, 0.2) is 15.6 Å². The molecule has 0 bridgehead atoms. The summed E-state index contributed by atoms with van der Waals surface area (Å²) in [5.41, 5.74) is 0. The standard InChI is InChI=1S/C10H19NO4S/c1-2-6-16(13,14)7-3-9(12)10-8-11-4-5-15-10/h10-11H,2-8H2,1H3. The highest BCUT2D eigenvalue weighted by Crippen LogP contribution is 2.04. The van der Waals surface area contributed by atoms with E-state index in [0.717, 1.165) is 6.54 Å². The number of hydrogen-bond donors (Lipinski definition) is 1. The van der Waals surface area contributed by atoms with Gasteiger partial charge in [0.1, 0.15) is 6.10 Å². The van der Waals surface area contributed by atoms with Gasteiger partial charge in [0.2, 0.25) is 0 Å². The van der Waals surface area contributed by atoms with Crippen LogP contribution in [0.2, 0.25) is 0 Å². The van der Waals surface area contributed by atoms with Crippen LogP contribution in [-0.2, 0) is 19.4 Å². The van der Waals surface area contributed by atoms with Crippen LogP contribution in [0.4, 0.5) is 0 Å². The molecule has 16 heavy (non-hydrogen) atoms. The van der Waals surface area contributed by atoms with Gasteiger partial charge < -0.3 is 10.1 Å². The molecule has 1 aliphatic heterocycles. The first kappa shape index (κ1) is 13.6. The molecule has 0 aliphatic carbocycles. The fourth-order valence-corrected chi connectivity index (χ4v) is 2.94. The van der Waals surface area contributed by atoms with E-state index in [9.17, 15) is 13.2 Å². The third-order valence-electron chi connectivity index (χ3n) is 2.46. The molecule has 0 aromatic rings. The minimum atomic E-state index is -3.06. The van der Waals surface area contributed by atoms with Gasteiger partial charge in [-0.2, -0.15) is 0 Å². The maximum Gasteiger partial charge on any atom is 0.163 e. The first-order chi connectivity index (χ1) is 7.55. The Labute approximate surface area is 96.5 Å². The highest BCUT2D eigenvalue weighted by Gasteiger charge is 2.23. The molecule has 0 aromatic heterocycles. The number of rotatable bonds is 6. The Balaban J connectivity index is 2.34. The number of Topliss-reactive ketones (excluding diaryl/α,β-unsaturated/α-hetero) is 1. The number of carbonyl (C=O) groups excluding carboxylic acids is 1. The zero-order valence-corrected chi connectivity index (χ0v) is 10.4.